The van der Waals surface area contributed by atoms with Crippen molar-refractivity contribution in [3.8, 4) is 0 Å². The number of azo groups is 1. The number of hydrogen-bond donors (Lipinski definition) is 0. The molecular weight excluding hydrogens is 128 g/mol. The van der Waals surface area contributed by atoms with Gasteiger partial charge >= 0.3 is 0 Å². The molecule has 3 heteroatoms. The number of fused-ring (bicyclic) bond motifs is 1. The minimum absolute atomic E-state index is 0.273. The minimum Gasteiger partial charge on any atom is -0.600 e. The molecule has 0 spiro atoms. The van der Waals surface area contributed by atoms with E-state index in [0.717, 1.165) is 23.1 Å². The monoisotopic (exact) mass is 138 g/mol. The van der Waals surface area contributed by atoms with Gasteiger partial charge in [-0.3, -0.25) is 0 Å². The van der Waals surface area contributed by atoms with Crippen LogP contribution in [0.3, 0.4) is 0 Å². The van der Waals surface area contributed by atoms with Gasteiger partial charge in [-0.05, 0) is 23.9 Å². The summed E-state index contributed by atoms with van der Waals surface area (Å²) in [4.78, 5) is 0.975. The maximum atomic E-state index is 11.0. The molecule has 0 amide bonds. The van der Waals surface area contributed by atoms with Gasteiger partial charge in [0, 0.05) is 12.3 Å². The third-order valence-electron chi connectivity index (χ3n) is 3.18. The molecule has 2 fully saturated rings. The Morgan fingerprint density at radius 3 is 2.80 bits per heavy atom. The van der Waals surface area contributed by atoms with Crippen LogP contribution in [0.4, 0.5) is 0 Å². The molecule has 0 saturated heterocycles. The van der Waals surface area contributed by atoms with Gasteiger partial charge in [0.2, 0.25) is 0 Å². The summed E-state index contributed by atoms with van der Waals surface area (Å²) >= 11 is 0. The van der Waals surface area contributed by atoms with Crippen molar-refractivity contribution in [2.75, 3.05) is 0 Å². The Kier molecular flexibility index (Phi) is 0.693. The maximum Gasteiger partial charge on any atom is 0.193 e. The molecule has 0 aromatic carbocycles. The zero-order chi connectivity index (χ0) is 6.72. The van der Waals surface area contributed by atoms with Crippen LogP contribution < -0.4 is 0 Å². The first-order valence-corrected chi connectivity index (χ1v) is 4.03. The summed E-state index contributed by atoms with van der Waals surface area (Å²) < 4.78 is 0. The lowest BCUT2D eigenvalue weighted by atomic mass is 9.90. The molecule has 4 atom stereocenters. The van der Waals surface area contributed by atoms with Crippen LogP contribution in [0.1, 0.15) is 19.3 Å². The highest BCUT2D eigenvalue weighted by Gasteiger charge is 2.59. The van der Waals surface area contributed by atoms with E-state index in [2.05, 4.69) is 5.11 Å². The fourth-order valence-electron chi connectivity index (χ4n) is 2.54. The van der Waals surface area contributed by atoms with Gasteiger partial charge in [0.1, 0.15) is 6.04 Å². The van der Waals surface area contributed by atoms with Gasteiger partial charge in [0.25, 0.3) is 0 Å². The molecular formula is C7H10N2O. The van der Waals surface area contributed by atoms with Crippen LogP contribution in [0.25, 0.3) is 0 Å². The van der Waals surface area contributed by atoms with Gasteiger partial charge in [0.05, 0.1) is 0 Å². The first kappa shape index (κ1) is 5.10. The van der Waals surface area contributed by atoms with E-state index in [1.165, 1.54) is 12.8 Å². The summed E-state index contributed by atoms with van der Waals surface area (Å²) in [6.45, 7) is 0. The molecule has 2 heterocycles. The average molecular weight is 138 g/mol. The van der Waals surface area contributed by atoms with Crippen LogP contribution in [0.15, 0.2) is 5.11 Å². The molecule has 4 aliphatic rings. The standard InChI is InChI=1S/C7H10N2O/c10-9-7-2-1-6(8-9)4-3-5(4)7/h4-7H,1-3H2. The molecule has 2 saturated carbocycles. The molecule has 4 unspecified atom stereocenters. The highest BCUT2D eigenvalue weighted by atomic mass is 16.5. The highest BCUT2D eigenvalue weighted by molar-refractivity contribution is 5.03. The van der Waals surface area contributed by atoms with E-state index < -0.39 is 0 Å². The molecule has 0 aromatic rings. The molecule has 2 bridgehead atoms. The number of hydrogen-bond acceptors (Lipinski definition) is 2. The van der Waals surface area contributed by atoms with Crippen molar-refractivity contribution in [2.45, 2.75) is 31.3 Å². The zero-order valence-corrected chi connectivity index (χ0v) is 5.73. The quantitative estimate of drug-likeness (QED) is 0.365. The van der Waals surface area contributed by atoms with Crippen molar-refractivity contribution in [1.82, 2.24) is 0 Å². The van der Waals surface area contributed by atoms with E-state index in [1.54, 1.807) is 0 Å². The van der Waals surface area contributed by atoms with Gasteiger partial charge in [-0.1, -0.05) is 4.86 Å². The van der Waals surface area contributed by atoms with Crippen LogP contribution in [-0.2, 0) is 0 Å². The van der Waals surface area contributed by atoms with E-state index in [4.69, 9.17) is 0 Å². The first-order chi connectivity index (χ1) is 4.86. The second-order valence-electron chi connectivity index (χ2n) is 3.69. The molecule has 0 radical (unpaired) electrons. The van der Waals surface area contributed by atoms with Crippen molar-refractivity contribution in [3.05, 3.63) is 5.21 Å². The van der Waals surface area contributed by atoms with Crippen LogP contribution in [0.5, 0.6) is 0 Å². The fourth-order valence-corrected chi connectivity index (χ4v) is 2.54. The second-order valence-corrected chi connectivity index (χ2v) is 3.69. The van der Waals surface area contributed by atoms with Gasteiger partial charge in [-0.15, -0.1) is 0 Å². The van der Waals surface area contributed by atoms with Crippen LogP contribution in [0, 0.1) is 17.0 Å². The summed E-state index contributed by atoms with van der Waals surface area (Å²) in [7, 11) is 0. The Hall–Kier alpha value is -0.600. The van der Waals surface area contributed by atoms with Gasteiger partial charge in [-0.2, -0.15) is 0 Å². The van der Waals surface area contributed by atoms with Gasteiger partial charge in [0.15, 0.2) is 6.04 Å². The summed E-state index contributed by atoms with van der Waals surface area (Å²) in [6.07, 6.45) is 3.54. The molecule has 54 valence electrons. The van der Waals surface area contributed by atoms with Crippen molar-refractivity contribution >= 4 is 0 Å². The Morgan fingerprint density at radius 1 is 1.30 bits per heavy atom. The Bertz CT molecular complexity index is 214. The van der Waals surface area contributed by atoms with Gasteiger partial charge < -0.3 is 5.21 Å². The van der Waals surface area contributed by atoms with Crippen LogP contribution >= 0.6 is 0 Å². The predicted molar refractivity (Wildman–Crippen MR) is 34.5 cm³/mol. The lowest BCUT2D eigenvalue weighted by molar-refractivity contribution is -0.592. The Morgan fingerprint density at radius 2 is 2.20 bits per heavy atom. The normalized spacial score (nSPS) is 55.8. The molecule has 10 heavy (non-hydrogen) atoms. The highest BCUT2D eigenvalue weighted by Crippen LogP contribution is 2.54. The molecule has 2 aliphatic heterocycles. The van der Waals surface area contributed by atoms with Crippen molar-refractivity contribution in [3.63, 3.8) is 0 Å². The molecule has 3 nitrogen and oxygen atoms in total. The zero-order valence-electron chi connectivity index (χ0n) is 5.73. The van der Waals surface area contributed by atoms with Crippen LogP contribution in [0.2, 0.25) is 0 Å². The molecule has 0 N–H and O–H groups in total. The Balaban J connectivity index is 2.05. The summed E-state index contributed by atoms with van der Waals surface area (Å²) in [5.41, 5.74) is 0. The molecule has 0 aromatic heterocycles. The number of nitrogens with zero attached hydrogens (tertiary/aromatic N) is 2. The van der Waals surface area contributed by atoms with E-state index in [0.29, 0.717) is 6.04 Å². The Labute approximate surface area is 59.3 Å². The lowest BCUT2D eigenvalue weighted by Gasteiger charge is -2.27. The van der Waals surface area contributed by atoms with E-state index in [1.807, 2.05) is 0 Å². The second kappa shape index (κ2) is 1.36. The summed E-state index contributed by atoms with van der Waals surface area (Å²) in [6, 6.07) is 0.683. The number of rotatable bonds is 0. The van der Waals surface area contributed by atoms with Crippen LogP contribution in [-0.4, -0.2) is 16.9 Å². The fraction of sp³-hybridized carbons (Fsp3) is 1.00. The van der Waals surface area contributed by atoms with Crippen molar-refractivity contribution in [2.24, 2.45) is 17.0 Å². The average Bonchev–Trinajstić information content (AvgIpc) is 2.66. The molecule has 2 aliphatic carbocycles. The van der Waals surface area contributed by atoms with Crippen molar-refractivity contribution < 1.29 is 4.86 Å². The molecule has 4 rings (SSSR count). The van der Waals surface area contributed by atoms with Crippen molar-refractivity contribution in [1.29, 1.82) is 0 Å². The summed E-state index contributed by atoms with van der Waals surface area (Å²) in [5, 5.41) is 15.1. The largest absolute Gasteiger partial charge is 0.600 e. The predicted octanol–water partition coefficient (Wildman–Crippen LogP) is 1.13. The number of hydroxylamine groups is 1. The van der Waals surface area contributed by atoms with E-state index >= 15 is 0 Å². The van der Waals surface area contributed by atoms with E-state index in [9.17, 15) is 5.21 Å². The lowest BCUT2D eigenvalue weighted by Crippen LogP contribution is -2.37. The minimum atomic E-state index is 0.273. The third kappa shape index (κ3) is 0.435. The summed E-state index contributed by atoms with van der Waals surface area (Å²) in [5.74, 6) is 1.54. The topological polar surface area (TPSA) is 38.4 Å². The van der Waals surface area contributed by atoms with E-state index in [-0.39, 0.29) is 6.04 Å². The third-order valence-corrected chi connectivity index (χ3v) is 3.18. The SMILES string of the molecule is [O-][N+]1=NC2CCC1C1CC21. The maximum absolute atomic E-state index is 11.0. The first-order valence-electron chi connectivity index (χ1n) is 4.03. The van der Waals surface area contributed by atoms with Gasteiger partial charge in [-0.25, -0.2) is 0 Å². The smallest absolute Gasteiger partial charge is 0.193 e.